The van der Waals surface area contributed by atoms with Crippen LogP contribution in [0.5, 0.6) is 0 Å². The van der Waals surface area contributed by atoms with Gasteiger partial charge in [-0.1, -0.05) is 91.0 Å². The molecule has 242 valence electrons. The minimum absolute atomic E-state index is 0.261. The first-order valence-corrected chi connectivity index (χ1v) is 15.6. The first-order chi connectivity index (χ1) is 21.8. The Bertz CT molecular complexity index is 1310. The number of esters is 1. The smallest absolute Gasteiger partial charge is 0.303 e. The fourth-order valence-corrected chi connectivity index (χ4v) is 5.93. The molecule has 9 nitrogen and oxygen atoms in total. The van der Waals surface area contributed by atoms with Crippen LogP contribution in [0, 0.1) is 0 Å². The molecule has 1 N–H and O–H groups in total. The van der Waals surface area contributed by atoms with E-state index >= 15 is 0 Å². The molecular formula is C36H44O9. The largest absolute Gasteiger partial charge is 0.457 e. The SMILES string of the molecule is CC(=O)O[C@@H]1C(O[C@@H]2OC(C)[C@H](OCc3ccccc3)C(OCc3ccccc3)[C@@H]2O)[C@@H](OCc2ccccc2)C(C)O[C@H]1C. The van der Waals surface area contributed by atoms with Crippen molar-refractivity contribution in [2.45, 2.75) is 109 Å². The van der Waals surface area contributed by atoms with Crippen LogP contribution < -0.4 is 0 Å². The Morgan fingerprint density at radius 2 is 1.00 bits per heavy atom. The molecule has 0 aromatic heterocycles. The zero-order valence-corrected chi connectivity index (χ0v) is 26.3. The van der Waals surface area contributed by atoms with Crippen LogP contribution in [0.3, 0.4) is 0 Å². The summed E-state index contributed by atoms with van der Waals surface area (Å²) in [7, 11) is 0. The highest BCUT2D eigenvalue weighted by Crippen LogP contribution is 2.34. The molecule has 9 heteroatoms. The van der Waals surface area contributed by atoms with Gasteiger partial charge in [-0.05, 0) is 37.5 Å². The lowest BCUT2D eigenvalue weighted by Crippen LogP contribution is -2.64. The highest BCUT2D eigenvalue weighted by molar-refractivity contribution is 5.66. The van der Waals surface area contributed by atoms with Crippen LogP contribution in [0.25, 0.3) is 0 Å². The number of benzene rings is 3. The predicted octanol–water partition coefficient (Wildman–Crippen LogP) is 4.97. The zero-order chi connectivity index (χ0) is 31.8. The monoisotopic (exact) mass is 620 g/mol. The molecule has 2 heterocycles. The Morgan fingerprint density at radius 3 is 1.47 bits per heavy atom. The van der Waals surface area contributed by atoms with E-state index in [2.05, 4.69) is 0 Å². The van der Waals surface area contributed by atoms with Gasteiger partial charge >= 0.3 is 5.97 Å². The molecule has 0 spiro atoms. The minimum atomic E-state index is -1.23. The summed E-state index contributed by atoms with van der Waals surface area (Å²) in [5.41, 5.74) is 2.92. The molecule has 0 aliphatic carbocycles. The standard InChI is InChI=1S/C36H44O9/c1-23-32(40-21-28-16-10-6-11-17-28)35(33(25(3)42-23)44-26(4)37)45-36-30(38)34(41-22-29-18-12-7-13-19-29)31(24(2)43-36)39-20-27-14-8-5-9-15-27/h5-19,23-25,30-36,38H,20-22H2,1-4H3/t23?,24?,25-,30-,31-,32-,33-,34?,35?,36-/m0/s1. The van der Waals surface area contributed by atoms with E-state index < -0.39 is 67.2 Å². The third kappa shape index (κ3) is 8.77. The van der Waals surface area contributed by atoms with Crippen molar-refractivity contribution >= 4 is 5.97 Å². The average molecular weight is 621 g/mol. The quantitative estimate of drug-likeness (QED) is 0.281. The lowest BCUT2D eigenvalue weighted by atomic mass is 9.94. The van der Waals surface area contributed by atoms with Gasteiger partial charge in [0.2, 0.25) is 0 Å². The van der Waals surface area contributed by atoms with E-state index in [1.165, 1.54) is 6.92 Å². The van der Waals surface area contributed by atoms with Crippen molar-refractivity contribution < 1.29 is 43.1 Å². The Balaban J connectivity index is 1.38. The van der Waals surface area contributed by atoms with Gasteiger partial charge in [-0.3, -0.25) is 4.79 Å². The van der Waals surface area contributed by atoms with E-state index in [0.717, 1.165) is 16.7 Å². The number of carbonyl (C=O) groups is 1. The van der Waals surface area contributed by atoms with Crippen molar-refractivity contribution in [1.82, 2.24) is 0 Å². The second-order valence-electron chi connectivity index (χ2n) is 11.7. The van der Waals surface area contributed by atoms with E-state index in [9.17, 15) is 9.90 Å². The van der Waals surface area contributed by atoms with Crippen LogP contribution >= 0.6 is 0 Å². The third-order valence-electron chi connectivity index (χ3n) is 8.20. The van der Waals surface area contributed by atoms with Gasteiger partial charge in [0.25, 0.3) is 0 Å². The lowest BCUT2D eigenvalue weighted by molar-refractivity contribution is -0.346. The van der Waals surface area contributed by atoms with Crippen LogP contribution in [0.4, 0.5) is 0 Å². The number of hydrogen-bond donors (Lipinski definition) is 1. The maximum absolute atomic E-state index is 12.2. The van der Waals surface area contributed by atoms with Gasteiger partial charge in [-0.25, -0.2) is 0 Å². The van der Waals surface area contributed by atoms with Gasteiger partial charge < -0.3 is 38.3 Å². The van der Waals surface area contributed by atoms with Crippen LogP contribution in [0.1, 0.15) is 44.4 Å². The summed E-state index contributed by atoms with van der Waals surface area (Å²) >= 11 is 0. The maximum Gasteiger partial charge on any atom is 0.303 e. The van der Waals surface area contributed by atoms with E-state index in [1.807, 2.05) is 112 Å². The van der Waals surface area contributed by atoms with Gasteiger partial charge in [-0.2, -0.15) is 0 Å². The molecule has 2 aliphatic rings. The topological polar surface area (TPSA) is 102 Å². The van der Waals surface area contributed by atoms with Gasteiger partial charge in [0, 0.05) is 6.92 Å². The molecule has 2 fully saturated rings. The molecular weight excluding hydrogens is 576 g/mol. The Hall–Kier alpha value is -3.15. The van der Waals surface area contributed by atoms with Crippen LogP contribution in [-0.4, -0.2) is 72.3 Å². The summed E-state index contributed by atoms with van der Waals surface area (Å²) in [6.45, 7) is 7.82. The summed E-state index contributed by atoms with van der Waals surface area (Å²) in [6.07, 6.45) is -7.37. The summed E-state index contributed by atoms with van der Waals surface area (Å²) in [6, 6.07) is 29.3. The second-order valence-corrected chi connectivity index (χ2v) is 11.7. The van der Waals surface area contributed by atoms with Crippen LogP contribution in [0.2, 0.25) is 0 Å². The minimum Gasteiger partial charge on any atom is -0.457 e. The molecule has 5 rings (SSSR count). The number of rotatable bonds is 12. The van der Waals surface area contributed by atoms with Crippen LogP contribution in [0.15, 0.2) is 91.0 Å². The molecule has 3 aromatic rings. The molecule has 0 amide bonds. The molecule has 2 saturated heterocycles. The Labute approximate surface area is 265 Å². The highest BCUT2D eigenvalue weighted by atomic mass is 16.7. The first-order valence-electron chi connectivity index (χ1n) is 15.6. The van der Waals surface area contributed by atoms with Crippen molar-refractivity contribution in [3.8, 4) is 0 Å². The zero-order valence-electron chi connectivity index (χ0n) is 26.3. The van der Waals surface area contributed by atoms with Gasteiger partial charge in [-0.15, -0.1) is 0 Å². The molecule has 45 heavy (non-hydrogen) atoms. The molecule has 3 aromatic carbocycles. The second kappa shape index (κ2) is 15.9. The van der Waals surface area contributed by atoms with Crippen molar-refractivity contribution in [2.24, 2.45) is 0 Å². The van der Waals surface area contributed by atoms with Crippen molar-refractivity contribution in [2.75, 3.05) is 0 Å². The normalized spacial score (nSPS) is 31.8. The van der Waals surface area contributed by atoms with E-state index in [0.29, 0.717) is 13.2 Å². The molecule has 0 radical (unpaired) electrons. The van der Waals surface area contributed by atoms with E-state index in [4.69, 9.17) is 33.2 Å². The lowest BCUT2D eigenvalue weighted by Gasteiger charge is -2.48. The molecule has 4 unspecified atom stereocenters. The van der Waals surface area contributed by atoms with E-state index in [1.54, 1.807) is 0 Å². The average Bonchev–Trinajstić information content (AvgIpc) is 3.04. The van der Waals surface area contributed by atoms with Crippen molar-refractivity contribution in [3.05, 3.63) is 108 Å². The summed E-state index contributed by atoms with van der Waals surface area (Å²) in [5.74, 6) is -0.475. The number of aliphatic hydroxyl groups is 1. The van der Waals surface area contributed by atoms with Crippen LogP contribution in [-0.2, 0) is 57.8 Å². The Kier molecular flexibility index (Phi) is 11.7. The van der Waals surface area contributed by atoms with E-state index in [-0.39, 0.29) is 6.61 Å². The highest BCUT2D eigenvalue weighted by Gasteiger charge is 2.52. The Morgan fingerprint density at radius 1 is 0.600 bits per heavy atom. The van der Waals surface area contributed by atoms with Crippen molar-refractivity contribution in [3.63, 3.8) is 0 Å². The number of ether oxygens (including phenoxy) is 7. The fraction of sp³-hybridized carbons (Fsp3) is 0.472. The summed E-state index contributed by atoms with van der Waals surface area (Å²) < 4.78 is 43.8. The first kappa shape index (κ1) is 33.2. The van der Waals surface area contributed by atoms with Gasteiger partial charge in [0.05, 0.1) is 38.1 Å². The molecule has 10 atom stereocenters. The number of carbonyl (C=O) groups excluding carboxylic acids is 1. The van der Waals surface area contributed by atoms with Gasteiger partial charge in [0.15, 0.2) is 12.4 Å². The molecule has 0 saturated carbocycles. The maximum atomic E-state index is 12.2. The number of hydrogen-bond acceptors (Lipinski definition) is 9. The number of aliphatic hydroxyl groups excluding tert-OH is 1. The summed E-state index contributed by atoms with van der Waals surface area (Å²) in [5, 5.41) is 11.8. The summed E-state index contributed by atoms with van der Waals surface area (Å²) in [4.78, 5) is 12.2. The van der Waals surface area contributed by atoms with Gasteiger partial charge in [0.1, 0.15) is 30.5 Å². The fourth-order valence-electron chi connectivity index (χ4n) is 5.93. The predicted molar refractivity (Wildman–Crippen MR) is 166 cm³/mol. The van der Waals surface area contributed by atoms with Crippen molar-refractivity contribution in [1.29, 1.82) is 0 Å². The third-order valence-corrected chi connectivity index (χ3v) is 8.20. The molecule has 2 aliphatic heterocycles. The molecule has 0 bridgehead atoms.